The number of rotatable bonds is 13. The van der Waals surface area contributed by atoms with Gasteiger partial charge in [0.25, 0.3) is 0 Å². The van der Waals surface area contributed by atoms with Crippen LogP contribution in [0.5, 0.6) is 5.75 Å². The van der Waals surface area contributed by atoms with E-state index in [9.17, 15) is 18.0 Å². The van der Waals surface area contributed by atoms with Crippen LogP contribution in [0.15, 0.2) is 77.7 Å². The normalized spacial score (nSPS) is 12.0. The van der Waals surface area contributed by atoms with E-state index >= 15 is 0 Å². The number of ether oxygens (including phenoxy) is 1. The number of methoxy groups -OCH3 is 1. The van der Waals surface area contributed by atoms with Gasteiger partial charge in [-0.2, -0.15) is 0 Å². The Labute approximate surface area is 235 Å². The Morgan fingerprint density at radius 3 is 2.10 bits per heavy atom. The second-order valence-electron chi connectivity index (χ2n) is 9.04. The molecule has 0 aromatic heterocycles. The van der Waals surface area contributed by atoms with Crippen LogP contribution in [-0.4, -0.2) is 44.8 Å². The summed E-state index contributed by atoms with van der Waals surface area (Å²) in [5.41, 5.74) is 2.58. The van der Waals surface area contributed by atoms with E-state index in [0.29, 0.717) is 24.5 Å². The van der Waals surface area contributed by atoms with Crippen LogP contribution in [0.2, 0.25) is 5.02 Å². The first kappa shape index (κ1) is 30.1. The van der Waals surface area contributed by atoms with Crippen molar-refractivity contribution >= 4 is 33.4 Å². The Morgan fingerprint density at radius 1 is 0.923 bits per heavy atom. The fourth-order valence-corrected chi connectivity index (χ4v) is 5.12. The van der Waals surface area contributed by atoms with Crippen molar-refractivity contribution in [3.63, 3.8) is 0 Å². The van der Waals surface area contributed by atoms with Gasteiger partial charge in [-0.05, 0) is 66.4 Å². The first-order chi connectivity index (χ1) is 18.6. The van der Waals surface area contributed by atoms with Gasteiger partial charge in [0.15, 0.2) is 0 Å². The van der Waals surface area contributed by atoms with E-state index in [4.69, 9.17) is 16.3 Å². The second-order valence-corrected chi connectivity index (χ2v) is 11.2. The van der Waals surface area contributed by atoms with Crippen LogP contribution >= 0.6 is 11.6 Å². The number of carbonyl (C=O) groups is 2. The van der Waals surface area contributed by atoms with Crippen molar-refractivity contribution in [2.24, 2.45) is 0 Å². The number of hydrogen-bond donors (Lipinski definition) is 2. The molecule has 8 nitrogen and oxygen atoms in total. The van der Waals surface area contributed by atoms with Crippen molar-refractivity contribution in [3.8, 4) is 5.75 Å². The molecule has 3 aromatic carbocycles. The van der Waals surface area contributed by atoms with Crippen LogP contribution in [0, 0.1) is 0 Å². The molecule has 0 spiro atoms. The summed E-state index contributed by atoms with van der Waals surface area (Å²) in [6, 6.07) is 20.3. The fraction of sp³-hybridized carbons (Fsp3) is 0.310. The fourth-order valence-electron chi connectivity index (χ4n) is 3.95. The molecule has 3 rings (SSSR count). The predicted molar refractivity (Wildman–Crippen MR) is 152 cm³/mol. The first-order valence-electron chi connectivity index (χ1n) is 12.7. The molecule has 0 aliphatic rings. The number of carbonyl (C=O) groups excluding carboxylic acids is 2. The number of nitrogens with zero attached hydrogens (tertiary/aromatic N) is 1. The topological polar surface area (TPSA) is 105 Å². The SMILES string of the molecule is CCNS(=O)(=O)c1ccc(CCC(=O)N(Cc2ccc(Cl)cc2)[C@@H](C)C(=O)NCc2ccc(OC)cc2)cc1. The maximum atomic E-state index is 13.4. The molecule has 0 bridgehead atoms. The quantitative estimate of drug-likeness (QED) is 0.318. The summed E-state index contributed by atoms with van der Waals surface area (Å²) in [6.07, 6.45) is 0.556. The number of benzene rings is 3. The standard InChI is InChI=1S/C29H34ClN3O5S/c1-4-32-39(36,37)27-16-9-22(10-17-27)11-18-28(34)33(20-24-5-12-25(30)13-6-24)21(2)29(35)31-19-23-7-14-26(38-3)15-8-23/h5-10,12-17,21,32H,4,11,18-20H2,1-3H3,(H,31,35)/t21-/m0/s1. The Morgan fingerprint density at radius 2 is 1.51 bits per heavy atom. The van der Waals surface area contributed by atoms with Crippen molar-refractivity contribution in [3.05, 3.63) is 94.5 Å². The Balaban J connectivity index is 1.69. The van der Waals surface area contributed by atoms with Crippen LogP contribution < -0.4 is 14.8 Å². The zero-order valence-corrected chi connectivity index (χ0v) is 23.9. The van der Waals surface area contributed by atoms with E-state index in [0.717, 1.165) is 22.4 Å². The zero-order valence-electron chi connectivity index (χ0n) is 22.3. The lowest BCUT2D eigenvalue weighted by Crippen LogP contribution is -2.47. The smallest absolute Gasteiger partial charge is 0.242 e. The van der Waals surface area contributed by atoms with Gasteiger partial charge in [-0.15, -0.1) is 0 Å². The van der Waals surface area contributed by atoms with Crippen LogP contribution in [0.1, 0.15) is 37.0 Å². The summed E-state index contributed by atoms with van der Waals surface area (Å²) in [4.78, 5) is 28.2. The average molecular weight is 572 g/mol. The summed E-state index contributed by atoms with van der Waals surface area (Å²) in [5.74, 6) is 0.264. The highest BCUT2D eigenvalue weighted by molar-refractivity contribution is 7.89. The molecule has 0 heterocycles. The number of hydrogen-bond acceptors (Lipinski definition) is 5. The lowest BCUT2D eigenvalue weighted by molar-refractivity contribution is -0.140. The lowest BCUT2D eigenvalue weighted by Gasteiger charge is -2.29. The molecule has 0 aliphatic heterocycles. The minimum Gasteiger partial charge on any atom is -0.497 e. The van der Waals surface area contributed by atoms with Crippen LogP contribution in [0.25, 0.3) is 0 Å². The van der Waals surface area contributed by atoms with Crippen molar-refractivity contribution in [2.75, 3.05) is 13.7 Å². The third-order valence-corrected chi connectivity index (χ3v) is 8.07. The van der Waals surface area contributed by atoms with Gasteiger partial charge in [0, 0.05) is 31.1 Å². The second kappa shape index (κ2) is 14.1. The van der Waals surface area contributed by atoms with E-state index < -0.39 is 16.1 Å². The predicted octanol–water partition coefficient (Wildman–Crippen LogP) is 4.31. The molecule has 0 saturated carbocycles. The Bertz CT molecular complexity index is 1350. The monoisotopic (exact) mass is 571 g/mol. The highest BCUT2D eigenvalue weighted by Crippen LogP contribution is 2.17. The van der Waals surface area contributed by atoms with Crippen molar-refractivity contribution in [1.29, 1.82) is 0 Å². The first-order valence-corrected chi connectivity index (χ1v) is 14.5. The number of amides is 2. The van der Waals surface area contributed by atoms with E-state index in [1.807, 2.05) is 36.4 Å². The summed E-state index contributed by atoms with van der Waals surface area (Å²) in [5, 5.41) is 3.50. The van der Waals surface area contributed by atoms with Crippen molar-refractivity contribution in [1.82, 2.24) is 14.9 Å². The molecule has 0 radical (unpaired) electrons. The van der Waals surface area contributed by atoms with E-state index in [1.165, 1.54) is 12.1 Å². The number of nitrogens with one attached hydrogen (secondary N) is 2. The summed E-state index contributed by atoms with van der Waals surface area (Å²) >= 11 is 6.02. The largest absolute Gasteiger partial charge is 0.497 e. The average Bonchev–Trinajstić information content (AvgIpc) is 2.94. The van der Waals surface area contributed by atoms with E-state index in [-0.39, 0.29) is 29.7 Å². The molecule has 0 aliphatic carbocycles. The van der Waals surface area contributed by atoms with Crippen LogP contribution in [0.3, 0.4) is 0 Å². The molecule has 2 N–H and O–H groups in total. The van der Waals surface area contributed by atoms with Crippen LogP contribution in [0.4, 0.5) is 0 Å². The minimum absolute atomic E-state index is 0.156. The Kier molecular flexibility index (Phi) is 10.9. The number of aryl methyl sites for hydroxylation is 1. The van der Waals surface area contributed by atoms with Gasteiger partial charge in [-0.1, -0.05) is 54.9 Å². The summed E-state index contributed by atoms with van der Waals surface area (Å²) < 4.78 is 32.0. The van der Waals surface area contributed by atoms with Gasteiger partial charge in [-0.3, -0.25) is 9.59 Å². The molecule has 39 heavy (non-hydrogen) atoms. The molecule has 10 heteroatoms. The molecular weight excluding hydrogens is 538 g/mol. The van der Waals surface area contributed by atoms with Gasteiger partial charge in [-0.25, -0.2) is 13.1 Å². The van der Waals surface area contributed by atoms with Gasteiger partial charge < -0.3 is 15.0 Å². The highest BCUT2D eigenvalue weighted by atomic mass is 35.5. The minimum atomic E-state index is -3.54. The molecule has 208 valence electrons. The molecule has 0 unspecified atom stereocenters. The molecule has 2 amide bonds. The maximum Gasteiger partial charge on any atom is 0.242 e. The summed E-state index contributed by atoms with van der Waals surface area (Å²) in [6.45, 7) is 4.28. The van der Waals surface area contributed by atoms with Gasteiger partial charge in [0.2, 0.25) is 21.8 Å². The summed E-state index contributed by atoms with van der Waals surface area (Å²) in [7, 11) is -1.95. The van der Waals surface area contributed by atoms with Crippen molar-refractivity contribution < 1.29 is 22.7 Å². The third kappa shape index (κ3) is 8.81. The van der Waals surface area contributed by atoms with E-state index in [1.54, 1.807) is 50.1 Å². The van der Waals surface area contributed by atoms with Gasteiger partial charge in [0.05, 0.1) is 12.0 Å². The van der Waals surface area contributed by atoms with Crippen LogP contribution in [-0.2, 0) is 39.1 Å². The van der Waals surface area contributed by atoms with Gasteiger partial charge in [0.1, 0.15) is 11.8 Å². The third-order valence-electron chi connectivity index (χ3n) is 6.25. The molecule has 0 saturated heterocycles. The highest BCUT2D eigenvalue weighted by Gasteiger charge is 2.26. The molecular formula is C29H34ClN3O5S. The number of sulfonamides is 1. The molecule has 0 fully saturated rings. The Hall–Kier alpha value is -3.40. The van der Waals surface area contributed by atoms with Crippen molar-refractivity contribution in [2.45, 2.75) is 50.7 Å². The zero-order chi connectivity index (χ0) is 28.4. The van der Waals surface area contributed by atoms with Gasteiger partial charge >= 0.3 is 0 Å². The molecule has 1 atom stereocenters. The number of halogens is 1. The lowest BCUT2D eigenvalue weighted by atomic mass is 10.1. The maximum absolute atomic E-state index is 13.4. The van der Waals surface area contributed by atoms with E-state index in [2.05, 4.69) is 10.0 Å². The molecule has 3 aromatic rings.